The van der Waals surface area contributed by atoms with Gasteiger partial charge in [-0.3, -0.25) is 4.31 Å². The zero-order valence-corrected chi connectivity index (χ0v) is 16.9. The lowest BCUT2D eigenvalue weighted by atomic mass is 9.95. The van der Waals surface area contributed by atoms with Crippen molar-refractivity contribution in [2.75, 3.05) is 4.31 Å². The normalized spacial score (nSPS) is 17.2. The zero-order chi connectivity index (χ0) is 20.9. The minimum atomic E-state index is -4.87. The Balaban J connectivity index is 2.04. The van der Waals surface area contributed by atoms with Crippen LogP contribution in [0, 0.1) is 0 Å². The van der Waals surface area contributed by atoms with Gasteiger partial charge in [-0.1, -0.05) is 41.4 Å². The van der Waals surface area contributed by atoms with Gasteiger partial charge in [-0.15, -0.1) is 0 Å². The highest BCUT2D eigenvalue weighted by atomic mass is 35.5. The summed E-state index contributed by atoms with van der Waals surface area (Å²) >= 11 is 12.0. The van der Waals surface area contributed by atoms with Crippen molar-refractivity contribution >= 4 is 38.9 Å². The average Bonchev–Trinajstić information content (AvgIpc) is 3.41. The summed E-state index contributed by atoms with van der Waals surface area (Å²) in [6.07, 6.45) is -3.65. The van der Waals surface area contributed by atoms with Crippen molar-refractivity contribution < 1.29 is 26.7 Å². The molecule has 0 heterocycles. The van der Waals surface area contributed by atoms with Crippen LogP contribution in [-0.2, 0) is 15.6 Å². The maximum absolute atomic E-state index is 13.2. The molecule has 0 amide bonds. The number of sulfonamides is 1. The van der Waals surface area contributed by atoms with Crippen molar-refractivity contribution in [1.82, 2.24) is 0 Å². The largest absolute Gasteiger partial charge is 0.421 e. The number of rotatable bonds is 5. The lowest BCUT2D eigenvalue weighted by Gasteiger charge is -2.28. The molecule has 1 saturated carbocycles. The fourth-order valence-corrected chi connectivity index (χ4v) is 5.19. The Morgan fingerprint density at radius 3 is 2.14 bits per heavy atom. The third kappa shape index (κ3) is 3.70. The molecular weight excluding hydrogens is 438 g/mol. The Bertz CT molecular complexity index is 988. The summed E-state index contributed by atoms with van der Waals surface area (Å²) in [7, 11) is -4.09. The van der Waals surface area contributed by atoms with Crippen LogP contribution in [-0.4, -0.2) is 25.7 Å². The van der Waals surface area contributed by atoms with Crippen molar-refractivity contribution in [2.45, 2.75) is 42.5 Å². The second-order valence-electron chi connectivity index (χ2n) is 6.70. The number of hydrogen-bond acceptors (Lipinski definition) is 3. The summed E-state index contributed by atoms with van der Waals surface area (Å²) < 4.78 is 66.6. The Morgan fingerprint density at radius 2 is 1.64 bits per heavy atom. The number of alkyl halides is 3. The number of aliphatic hydroxyl groups is 1. The molecule has 1 atom stereocenters. The minimum Gasteiger partial charge on any atom is -0.376 e. The van der Waals surface area contributed by atoms with Gasteiger partial charge in [0.2, 0.25) is 0 Å². The highest BCUT2D eigenvalue weighted by molar-refractivity contribution is 7.93. The van der Waals surface area contributed by atoms with Gasteiger partial charge in [-0.05, 0) is 49.6 Å². The first-order valence-electron chi connectivity index (χ1n) is 8.25. The van der Waals surface area contributed by atoms with Crippen LogP contribution < -0.4 is 4.31 Å². The molecule has 0 aromatic heterocycles. The quantitative estimate of drug-likeness (QED) is 0.683. The van der Waals surface area contributed by atoms with E-state index in [-0.39, 0.29) is 26.7 Å². The van der Waals surface area contributed by atoms with Crippen LogP contribution in [0.25, 0.3) is 0 Å². The van der Waals surface area contributed by atoms with Crippen LogP contribution in [0.2, 0.25) is 10.0 Å². The van der Waals surface area contributed by atoms with Crippen LogP contribution in [0.15, 0.2) is 47.4 Å². The molecule has 152 valence electrons. The van der Waals surface area contributed by atoms with Gasteiger partial charge in [0.1, 0.15) is 4.90 Å². The number of benzene rings is 2. The molecule has 4 nitrogen and oxygen atoms in total. The molecule has 0 aliphatic heterocycles. The van der Waals surface area contributed by atoms with E-state index >= 15 is 0 Å². The summed E-state index contributed by atoms with van der Waals surface area (Å²) in [5.41, 5.74) is -3.26. The maximum Gasteiger partial charge on any atom is 0.421 e. The Kier molecular flexibility index (Phi) is 5.38. The van der Waals surface area contributed by atoms with Gasteiger partial charge in [-0.2, -0.15) is 13.2 Å². The van der Waals surface area contributed by atoms with Crippen LogP contribution >= 0.6 is 23.2 Å². The van der Waals surface area contributed by atoms with Crippen LogP contribution in [0.3, 0.4) is 0 Å². The van der Waals surface area contributed by atoms with Crippen molar-refractivity contribution in [3.63, 3.8) is 0 Å². The molecule has 2 aromatic rings. The topological polar surface area (TPSA) is 57.6 Å². The fourth-order valence-electron chi connectivity index (χ4n) is 2.74. The SMILES string of the molecule is CC(O)(c1ccc(N(C2CC2)S(=O)(=O)c2cccc(Cl)c2Cl)cc1)C(F)(F)F. The number of halogens is 5. The van der Waals surface area contributed by atoms with E-state index in [1.54, 1.807) is 0 Å². The van der Waals surface area contributed by atoms with E-state index in [0.29, 0.717) is 19.8 Å². The summed E-state index contributed by atoms with van der Waals surface area (Å²) in [4.78, 5) is -0.181. The van der Waals surface area contributed by atoms with Gasteiger partial charge < -0.3 is 5.11 Å². The number of anilines is 1. The predicted molar refractivity (Wildman–Crippen MR) is 101 cm³/mol. The average molecular weight is 454 g/mol. The van der Waals surface area contributed by atoms with Gasteiger partial charge in [-0.25, -0.2) is 8.42 Å². The summed E-state index contributed by atoms with van der Waals surface area (Å²) in [6, 6.07) is 8.51. The summed E-state index contributed by atoms with van der Waals surface area (Å²) in [5.74, 6) is 0. The van der Waals surface area contributed by atoms with Gasteiger partial charge >= 0.3 is 6.18 Å². The Morgan fingerprint density at radius 1 is 1.07 bits per heavy atom. The molecule has 10 heteroatoms. The molecule has 1 aliphatic carbocycles. The van der Waals surface area contributed by atoms with E-state index in [1.807, 2.05) is 0 Å². The Labute approximate surface area is 170 Å². The second kappa shape index (κ2) is 7.09. The first-order chi connectivity index (χ1) is 12.9. The first kappa shape index (κ1) is 21.2. The van der Waals surface area contributed by atoms with E-state index in [4.69, 9.17) is 23.2 Å². The summed E-state index contributed by atoms with van der Waals surface area (Å²) in [6.45, 7) is 0.642. The molecule has 28 heavy (non-hydrogen) atoms. The van der Waals surface area contributed by atoms with Gasteiger partial charge in [0.25, 0.3) is 10.0 Å². The molecule has 0 radical (unpaired) electrons. The molecular formula is C18H16Cl2F3NO3S. The molecule has 0 spiro atoms. The van der Waals surface area contributed by atoms with Gasteiger partial charge in [0, 0.05) is 6.04 Å². The van der Waals surface area contributed by atoms with Crippen molar-refractivity contribution in [1.29, 1.82) is 0 Å². The third-order valence-electron chi connectivity index (χ3n) is 4.57. The fraction of sp³-hybridized carbons (Fsp3) is 0.333. The zero-order valence-electron chi connectivity index (χ0n) is 14.5. The minimum absolute atomic E-state index is 0.0788. The molecule has 1 fully saturated rings. The van der Waals surface area contributed by atoms with Gasteiger partial charge in [0.15, 0.2) is 5.60 Å². The van der Waals surface area contributed by atoms with E-state index < -0.39 is 27.4 Å². The maximum atomic E-state index is 13.2. The summed E-state index contributed by atoms with van der Waals surface area (Å²) in [5, 5.41) is 9.75. The van der Waals surface area contributed by atoms with E-state index in [0.717, 1.165) is 16.4 Å². The molecule has 1 unspecified atom stereocenters. The third-order valence-corrected chi connectivity index (χ3v) is 7.42. The number of nitrogens with zero attached hydrogens (tertiary/aromatic N) is 1. The Hall–Kier alpha value is -1.48. The highest BCUT2D eigenvalue weighted by Crippen LogP contribution is 2.42. The van der Waals surface area contributed by atoms with E-state index in [2.05, 4.69) is 0 Å². The van der Waals surface area contributed by atoms with E-state index in [9.17, 15) is 26.7 Å². The number of hydrogen-bond donors (Lipinski definition) is 1. The highest BCUT2D eigenvalue weighted by Gasteiger charge is 2.51. The molecule has 1 N–H and O–H groups in total. The molecule has 0 saturated heterocycles. The first-order valence-corrected chi connectivity index (χ1v) is 10.4. The van der Waals surface area contributed by atoms with E-state index in [1.165, 1.54) is 30.3 Å². The lowest BCUT2D eigenvalue weighted by molar-refractivity contribution is -0.258. The van der Waals surface area contributed by atoms with Gasteiger partial charge in [0.05, 0.1) is 15.7 Å². The second-order valence-corrected chi connectivity index (χ2v) is 9.27. The molecule has 2 aromatic carbocycles. The standard InChI is InChI=1S/C18H16Cl2F3NO3S/c1-17(25,18(21,22)23)11-5-7-12(8-6-11)24(13-9-10-13)28(26,27)15-4-2-3-14(19)16(15)20/h2-8,13,25H,9-10H2,1H3. The van der Waals surface area contributed by atoms with Crippen molar-refractivity contribution in [3.8, 4) is 0 Å². The smallest absolute Gasteiger partial charge is 0.376 e. The van der Waals surface area contributed by atoms with Crippen LogP contribution in [0.4, 0.5) is 18.9 Å². The van der Waals surface area contributed by atoms with Crippen LogP contribution in [0.5, 0.6) is 0 Å². The molecule has 3 rings (SSSR count). The van der Waals surface area contributed by atoms with Crippen LogP contribution in [0.1, 0.15) is 25.3 Å². The molecule has 0 bridgehead atoms. The van der Waals surface area contributed by atoms with Crippen molar-refractivity contribution in [2.24, 2.45) is 0 Å². The lowest BCUT2D eigenvalue weighted by Crippen LogP contribution is -2.39. The predicted octanol–water partition coefficient (Wildman–Crippen LogP) is 5.12. The molecule has 1 aliphatic rings. The van der Waals surface area contributed by atoms with Crippen molar-refractivity contribution in [3.05, 3.63) is 58.1 Å². The monoisotopic (exact) mass is 453 g/mol.